The van der Waals surface area contributed by atoms with E-state index in [4.69, 9.17) is 0 Å². The van der Waals surface area contributed by atoms with Gasteiger partial charge in [0.1, 0.15) is 0 Å². The maximum atomic E-state index is 11.7. The Labute approximate surface area is 92.4 Å². The van der Waals surface area contributed by atoms with Crippen molar-refractivity contribution in [2.75, 3.05) is 33.2 Å². The van der Waals surface area contributed by atoms with E-state index in [1.54, 1.807) is 0 Å². The van der Waals surface area contributed by atoms with Crippen LogP contribution in [-0.2, 0) is 0 Å². The van der Waals surface area contributed by atoms with E-state index in [2.05, 4.69) is 17.6 Å². The third kappa shape index (κ3) is 4.51. The number of carbonyl (C=O) groups excluding carboxylic acids is 1. The largest absolute Gasteiger partial charge is 0.338 e. The Bertz CT molecular complexity index is 190. The van der Waals surface area contributed by atoms with Gasteiger partial charge in [0.15, 0.2) is 0 Å². The summed E-state index contributed by atoms with van der Waals surface area (Å²) in [5, 5.41) is 6.09. The summed E-state index contributed by atoms with van der Waals surface area (Å²) in [5.41, 5.74) is 0. The van der Waals surface area contributed by atoms with Crippen LogP contribution in [0.15, 0.2) is 0 Å². The van der Waals surface area contributed by atoms with Gasteiger partial charge in [-0.1, -0.05) is 6.92 Å². The summed E-state index contributed by atoms with van der Waals surface area (Å²) in [6.07, 6.45) is 3.57. The first-order valence-corrected chi connectivity index (χ1v) is 5.91. The van der Waals surface area contributed by atoms with Gasteiger partial charge in [0.05, 0.1) is 0 Å². The van der Waals surface area contributed by atoms with Crippen molar-refractivity contribution < 1.29 is 4.79 Å². The molecule has 0 bridgehead atoms. The van der Waals surface area contributed by atoms with Gasteiger partial charge in [-0.25, -0.2) is 4.79 Å². The molecule has 1 saturated heterocycles. The number of amides is 2. The maximum Gasteiger partial charge on any atom is 0.317 e. The summed E-state index contributed by atoms with van der Waals surface area (Å²) < 4.78 is 0. The Morgan fingerprint density at radius 3 is 2.53 bits per heavy atom. The average molecular weight is 213 g/mol. The standard InChI is InChI=1S/C11H23N3O/c1-10(8-12-2)9-13-11(15)14-6-4-3-5-7-14/h10,12H,3-9H2,1-2H3,(H,13,15). The minimum Gasteiger partial charge on any atom is -0.338 e. The molecule has 0 saturated carbocycles. The number of nitrogens with zero attached hydrogens (tertiary/aromatic N) is 1. The highest BCUT2D eigenvalue weighted by Crippen LogP contribution is 2.08. The molecule has 1 aliphatic heterocycles. The van der Waals surface area contributed by atoms with Gasteiger partial charge in [-0.05, 0) is 38.8 Å². The highest BCUT2D eigenvalue weighted by Gasteiger charge is 2.16. The molecule has 0 aromatic rings. The van der Waals surface area contributed by atoms with E-state index in [1.807, 2.05) is 11.9 Å². The first kappa shape index (κ1) is 12.3. The molecule has 1 aliphatic rings. The van der Waals surface area contributed by atoms with Crippen LogP contribution in [0.2, 0.25) is 0 Å². The van der Waals surface area contributed by atoms with Crippen LogP contribution in [0.4, 0.5) is 4.79 Å². The summed E-state index contributed by atoms with van der Waals surface area (Å²) in [7, 11) is 1.93. The number of hydrogen-bond acceptors (Lipinski definition) is 2. The van der Waals surface area contributed by atoms with Crippen LogP contribution < -0.4 is 10.6 Å². The van der Waals surface area contributed by atoms with Gasteiger partial charge in [-0.15, -0.1) is 0 Å². The lowest BCUT2D eigenvalue weighted by Gasteiger charge is -2.27. The van der Waals surface area contributed by atoms with Crippen molar-refractivity contribution in [2.24, 2.45) is 5.92 Å². The molecule has 2 amide bonds. The Morgan fingerprint density at radius 1 is 1.27 bits per heavy atom. The second-order valence-corrected chi connectivity index (χ2v) is 4.40. The number of hydrogen-bond donors (Lipinski definition) is 2. The number of piperidine rings is 1. The van der Waals surface area contributed by atoms with Crippen LogP contribution in [0.3, 0.4) is 0 Å². The molecular formula is C11H23N3O. The van der Waals surface area contributed by atoms with Crippen LogP contribution in [0, 0.1) is 5.92 Å². The fourth-order valence-electron chi connectivity index (χ4n) is 1.89. The minimum atomic E-state index is 0.109. The number of carbonyl (C=O) groups is 1. The summed E-state index contributed by atoms with van der Waals surface area (Å²) in [4.78, 5) is 13.6. The van der Waals surface area contributed by atoms with E-state index >= 15 is 0 Å². The summed E-state index contributed by atoms with van der Waals surface area (Å²) >= 11 is 0. The molecule has 88 valence electrons. The first-order valence-electron chi connectivity index (χ1n) is 5.91. The van der Waals surface area contributed by atoms with Crippen molar-refractivity contribution in [3.63, 3.8) is 0 Å². The second kappa shape index (κ2) is 6.67. The lowest BCUT2D eigenvalue weighted by atomic mass is 10.1. The zero-order chi connectivity index (χ0) is 11.1. The van der Waals surface area contributed by atoms with E-state index < -0.39 is 0 Å². The molecule has 0 radical (unpaired) electrons. The zero-order valence-corrected chi connectivity index (χ0v) is 9.88. The van der Waals surface area contributed by atoms with Gasteiger partial charge in [0, 0.05) is 19.6 Å². The van der Waals surface area contributed by atoms with Gasteiger partial charge in [0.25, 0.3) is 0 Å². The van der Waals surface area contributed by atoms with Crippen molar-refractivity contribution in [3.8, 4) is 0 Å². The number of urea groups is 1. The van der Waals surface area contributed by atoms with E-state index in [1.165, 1.54) is 6.42 Å². The van der Waals surface area contributed by atoms with Crippen molar-refractivity contribution in [1.29, 1.82) is 0 Å². The minimum absolute atomic E-state index is 0.109. The number of rotatable bonds is 4. The third-order valence-corrected chi connectivity index (χ3v) is 2.80. The molecule has 4 heteroatoms. The molecule has 2 N–H and O–H groups in total. The lowest BCUT2D eigenvalue weighted by Crippen LogP contribution is -2.44. The fourth-order valence-corrected chi connectivity index (χ4v) is 1.89. The van der Waals surface area contributed by atoms with Crippen molar-refractivity contribution in [2.45, 2.75) is 26.2 Å². The predicted molar refractivity (Wildman–Crippen MR) is 61.9 cm³/mol. The predicted octanol–water partition coefficient (Wildman–Crippen LogP) is 1.04. The maximum absolute atomic E-state index is 11.7. The molecule has 1 heterocycles. The normalized spacial score (nSPS) is 18.7. The number of nitrogens with one attached hydrogen (secondary N) is 2. The van der Waals surface area contributed by atoms with E-state index in [9.17, 15) is 4.79 Å². The topological polar surface area (TPSA) is 44.4 Å². The van der Waals surface area contributed by atoms with Gasteiger partial charge < -0.3 is 15.5 Å². The molecule has 1 atom stereocenters. The molecule has 1 rings (SSSR count). The Kier molecular flexibility index (Phi) is 5.47. The highest BCUT2D eigenvalue weighted by molar-refractivity contribution is 5.74. The quantitative estimate of drug-likeness (QED) is 0.733. The zero-order valence-electron chi connectivity index (χ0n) is 9.88. The molecular weight excluding hydrogens is 190 g/mol. The van der Waals surface area contributed by atoms with Gasteiger partial charge >= 0.3 is 6.03 Å². The Morgan fingerprint density at radius 2 is 1.93 bits per heavy atom. The van der Waals surface area contributed by atoms with Gasteiger partial charge in [-0.3, -0.25) is 0 Å². The Balaban J connectivity index is 2.16. The second-order valence-electron chi connectivity index (χ2n) is 4.40. The molecule has 1 fully saturated rings. The molecule has 0 aliphatic carbocycles. The molecule has 15 heavy (non-hydrogen) atoms. The molecule has 0 aromatic carbocycles. The van der Waals surface area contributed by atoms with Gasteiger partial charge in [0.2, 0.25) is 0 Å². The number of likely N-dealkylation sites (tertiary alicyclic amines) is 1. The van der Waals surface area contributed by atoms with E-state index in [-0.39, 0.29) is 6.03 Å². The van der Waals surface area contributed by atoms with Crippen LogP contribution >= 0.6 is 0 Å². The van der Waals surface area contributed by atoms with E-state index in [0.29, 0.717) is 5.92 Å². The SMILES string of the molecule is CNCC(C)CNC(=O)N1CCCCC1. The van der Waals surface area contributed by atoms with Crippen LogP contribution in [0.25, 0.3) is 0 Å². The Hall–Kier alpha value is -0.770. The van der Waals surface area contributed by atoms with Crippen LogP contribution in [-0.4, -0.2) is 44.2 Å². The summed E-state index contributed by atoms with van der Waals surface area (Å²) in [6, 6.07) is 0.109. The first-order chi connectivity index (χ1) is 7.24. The van der Waals surface area contributed by atoms with Crippen LogP contribution in [0.5, 0.6) is 0 Å². The molecule has 1 unspecified atom stereocenters. The summed E-state index contributed by atoms with van der Waals surface area (Å²) in [6.45, 7) is 5.68. The van der Waals surface area contributed by atoms with E-state index in [0.717, 1.165) is 39.0 Å². The molecule has 4 nitrogen and oxygen atoms in total. The lowest BCUT2D eigenvalue weighted by molar-refractivity contribution is 0.185. The van der Waals surface area contributed by atoms with Gasteiger partial charge in [-0.2, -0.15) is 0 Å². The van der Waals surface area contributed by atoms with Crippen molar-refractivity contribution in [3.05, 3.63) is 0 Å². The smallest absolute Gasteiger partial charge is 0.317 e. The fraction of sp³-hybridized carbons (Fsp3) is 0.909. The summed E-state index contributed by atoms with van der Waals surface area (Å²) in [5.74, 6) is 0.490. The van der Waals surface area contributed by atoms with Crippen LogP contribution in [0.1, 0.15) is 26.2 Å². The van der Waals surface area contributed by atoms with Crippen molar-refractivity contribution >= 4 is 6.03 Å². The third-order valence-electron chi connectivity index (χ3n) is 2.80. The van der Waals surface area contributed by atoms with Crippen molar-refractivity contribution in [1.82, 2.24) is 15.5 Å². The average Bonchev–Trinajstić information content (AvgIpc) is 2.27. The molecule has 0 aromatic heterocycles. The highest BCUT2D eigenvalue weighted by atomic mass is 16.2. The monoisotopic (exact) mass is 213 g/mol. The molecule has 0 spiro atoms.